The van der Waals surface area contributed by atoms with Crippen LogP contribution in [0.15, 0.2) is 17.0 Å². The number of nitrogens with one attached hydrogen (secondary N) is 1. The minimum absolute atomic E-state index is 0.0250. The van der Waals surface area contributed by atoms with Gasteiger partial charge in [0.1, 0.15) is 4.90 Å². The Kier molecular flexibility index (Phi) is 4.33. The molecule has 0 amide bonds. The molecule has 3 N–H and O–H groups in total. The van der Waals surface area contributed by atoms with Crippen molar-refractivity contribution in [2.24, 2.45) is 0 Å². The van der Waals surface area contributed by atoms with E-state index >= 15 is 0 Å². The van der Waals surface area contributed by atoms with Crippen LogP contribution >= 0.6 is 35.0 Å². The van der Waals surface area contributed by atoms with E-state index in [9.17, 15) is 8.42 Å². The molecule has 1 atom stereocenters. The Morgan fingerprint density at radius 3 is 2.72 bits per heavy atom. The van der Waals surface area contributed by atoms with Crippen LogP contribution in [0.1, 0.15) is 6.42 Å². The van der Waals surface area contributed by atoms with Gasteiger partial charge in [0.15, 0.2) is 0 Å². The molecule has 0 spiro atoms. The maximum absolute atomic E-state index is 12.2. The number of thioether (sulfide) groups is 1. The number of anilines is 1. The first-order chi connectivity index (χ1) is 8.42. The summed E-state index contributed by atoms with van der Waals surface area (Å²) in [6, 6.07) is 2.75. The highest BCUT2D eigenvalue weighted by molar-refractivity contribution is 7.99. The van der Waals surface area contributed by atoms with Gasteiger partial charge in [-0.1, -0.05) is 23.2 Å². The smallest absolute Gasteiger partial charge is 0.242 e. The summed E-state index contributed by atoms with van der Waals surface area (Å²) in [5, 5.41) is 0.219. The van der Waals surface area contributed by atoms with Crippen molar-refractivity contribution in [3.63, 3.8) is 0 Å². The van der Waals surface area contributed by atoms with Crippen LogP contribution in [0.3, 0.4) is 0 Å². The third kappa shape index (κ3) is 2.88. The molecule has 2 rings (SSSR count). The highest BCUT2D eigenvalue weighted by atomic mass is 35.5. The van der Waals surface area contributed by atoms with Crippen LogP contribution in [-0.4, -0.2) is 26.0 Å². The topological polar surface area (TPSA) is 72.2 Å². The molecule has 100 valence electrons. The van der Waals surface area contributed by atoms with Crippen molar-refractivity contribution in [1.82, 2.24) is 4.72 Å². The van der Waals surface area contributed by atoms with Crippen LogP contribution in [0.5, 0.6) is 0 Å². The Balaban J connectivity index is 2.32. The van der Waals surface area contributed by atoms with E-state index < -0.39 is 10.0 Å². The molecule has 1 aliphatic heterocycles. The van der Waals surface area contributed by atoms with Crippen molar-refractivity contribution in [2.75, 3.05) is 17.2 Å². The zero-order valence-electron chi connectivity index (χ0n) is 9.32. The van der Waals surface area contributed by atoms with E-state index in [0.29, 0.717) is 0 Å². The monoisotopic (exact) mass is 326 g/mol. The summed E-state index contributed by atoms with van der Waals surface area (Å²) in [7, 11) is -3.65. The second-order valence-corrected chi connectivity index (χ2v) is 7.57. The molecule has 1 fully saturated rings. The van der Waals surface area contributed by atoms with Crippen LogP contribution in [0, 0.1) is 0 Å². The highest BCUT2D eigenvalue weighted by Gasteiger charge is 2.26. The lowest BCUT2D eigenvalue weighted by Gasteiger charge is -2.14. The zero-order valence-corrected chi connectivity index (χ0v) is 12.5. The molecule has 1 heterocycles. The van der Waals surface area contributed by atoms with Crippen molar-refractivity contribution in [1.29, 1.82) is 0 Å². The van der Waals surface area contributed by atoms with Crippen LogP contribution in [0.25, 0.3) is 0 Å². The van der Waals surface area contributed by atoms with Gasteiger partial charge in [-0.2, -0.15) is 11.8 Å². The Bertz CT molecular complexity index is 557. The third-order valence-corrected chi connectivity index (χ3v) is 6.21. The van der Waals surface area contributed by atoms with Gasteiger partial charge in [0, 0.05) is 11.8 Å². The quantitative estimate of drug-likeness (QED) is 0.836. The van der Waals surface area contributed by atoms with E-state index in [1.54, 1.807) is 11.8 Å². The Morgan fingerprint density at radius 2 is 2.11 bits per heavy atom. The lowest BCUT2D eigenvalue weighted by molar-refractivity contribution is 0.563. The summed E-state index contributed by atoms with van der Waals surface area (Å²) in [6.45, 7) is 0. The number of sulfonamides is 1. The van der Waals surface area contributed by atoms with E-state index in [2.05, 4.69) is 4.72 Å². The lowest BCUT2D eigenvalue weighted by Crippen LogP contribution is -2.34. The van der Waals surface area contributed by atoms with E-state index in [1.165, 1.54) is 12.1 Å². The van der Waals surface area contributed by atoms with Gasteiger partial charge in [0.25, 0.3) is 0 Å². The van der Waals surface area contributed by atoms with Crippen molar-refractivity contribution in [2.45, 2.75) is 17.4 Å². The van der Waals surface area contributed by atoms with Gasteiger partial charge < -0.3 is 5.73 Å². The first-order valence-electron chi connectivity index (χ1n) is 5.25. The number of nitrogens with two attached hydrogens (primary N) is 1. The number of halogens is 2. The Labute approximate surface area is 120 Å². The highest BCUT2D eigenvalue weighted by Crippen LogP contribution is 2.33. The molecular formula is C10H12Cl2N2O2S2. The molecule has 0 radical (unpaired) electrons. The largest absolute Gasteiger partial charge is 0.396 e. The van der Waals surface area contributed by atoms with E-state index in [0.717, 1.165) is 17.9 Å². The average molecular weight is 327 g/mol. The predicted octanol–water partition coefficient (Wildman–Crippen LogP) is 2.36. The molecule has 1 aromatic rings. The maximum Gasteiger partial charge on any atom is 0.242 e. The molecule has 1 unspecified atom stereocenters. The minimum Gasteiger partial charge on any atom is -0.396 e. The molecular weight excluding hydrogens is 315 g/mol. The summed E-state index contributed by atoms with van der Waals surface area (Å²) in [5.74, 6) is 1.74. The minimum atomic E-state index is -3.65. The molecule has 1 aliphatic rings. The molecule has 0 aromatic heterocycles. The summed E-state index contributed by atoms with van der Waals surface area (Å²) < 4.78 is 27.0. The number of hydrogen-bond donors (Lipinski definition) is 2. The van der Waals surface area contributed by atoms with Crippen LogP contribution in [0.4, 0.5) is 5.69 Å². The maximum atomic E-state index is 12.2. The van der Waals surface area contributed by atoms with Crippen molar-refractivity contribution >= 4 is 50.7 Å². The van der Waals surface area contributed by atoms with E-state index in [1.807, 2.05) is 0 Å². The predicted molar refractivity (Wildman–Crippen MR) is 76.9 cm³/mol. The Hall–Kier alpha value is -0.140. The van der Waals surface area contributed by atoms with Gasteiger partial charge in [-0.3, -0.25) is 0 Å². The molecule has 0 bridgehead atoms. The molecule has 1 saturated heterocycles. The summed E-state index contributed by atoms with van der Waals surface area (Å²) in [6.07, 6.45) is 0.824. The summed E-state index contributed by atoms with van der Waals surface area (Å²) in [4.78, 5) is -0.0250. The lowest BCUT2D eigenvalue weighted by atomic mass is 10.3. The van der Waals surface area contributed by atoms with E-state index in [4.69, 9.17) is 28.9 Å². The first kappa shape index (κ1) is 14.3. The molecule has 0 saturated carbocycles. The SMILES string of the molecule is Nc1c(Cl)ccc(S(=O)(=O)NC2CCSC2)c1Cl. The summed E-state index contributed by atoms with van der Waals surface area (Å²) >= 11 is 13.4. The van der Waals surface area contributed by atoms with Gasteiger partial charge in [-0.15, -0.1) is 0 Å². The molecule has 18 heavy (non-hydrogen) atoms. The van der Waals surface area contributed by atoms with Gasteiger partial charge in [-0.25, -0.2) is 13.1 Å². The molecule has 1 aromatic carbocycles. The molecule has 8 heteroatoms. The van der Waals surface area contributed by atoms with Gasteiger partial charge in [0.2, 0.25) is 10.0 Å². The van der Waals surface area contributed by atoms with Crippen molar-refractivity contribution < 1.29 is 8.42 Å². The van der Waals surface area contributed by atoms with Gasteiger partial charge in [-0.05, 0) is 24.3 Å². The zero-order chi connectivity index (χ0) is 13.3. The van der Waals surface area contributed by atoms with Crippen molar-refractivity contribution in [3.05, 3.63) is 22.2 Å². The second-order valence-electron chi connectivity index (χ2n) is 3.95. The van der Waals surface area contributed by atoms with Crippen LogP contribution < -0.4 is 10.5 Å². The number of nitrogen functional groups attached to an aromatic ring is 1. The fourth-order valence-corrected chi connectivity index (χ4v) is 4.96. The first-order valence-corrected chi connectivity index (χ1v) is 8.65. The number of benzene rings is 1. The van der Waals surface area contributed by atoms with Crippen LogP contribution in [0.2, 0.25) is 10.0 Å². The van der Waals surface area contributed by atoms with Crippen LogP contribution in [-0.2, 0) is 10.0 Å². The van der Waals surface area contributed by atoms with Crippen molar-refractivity contribution in [3.8, 4) is 0 Å². The van der Waals surface area contributed by atoms with Gasteiger partial charge >= 0.3 is 0 Å². The molecule has 4 nitrogen and oxygen atoms in total. The van der Waals surface area contributed by atoms with E-state index in [-0.39, 0.29) is 26.7 Å². The average Bonchev–Trinajstić information content (AvgIpc) is 2.77. The Morgan fingerprint density at radius 1 is 1.39 bits per heavy atom. The van der Waals surface area contributed by atoms with Gasteiger partial charge in [0.05, 0.1) is 15.7 Å². The number of rotatable bonds is 3. The normalized spacial score (nSPS) is 20.2. The fourth-order valence-electron chi connectivity index (χ4n) is 1.67. The standard InChI is InChI=1S/C10H12Cl2N2O2S2/c11-7-1-2-8(9(12)10(7)13)18(15,16)14-6-3-4-17-5-6/h1-2,6,14H,3-5,13H2. The second kappa shape index (κ2) is 5.46. The fraction of sp³-hybridized carbons (Fsp3) is 0.400. The molecule has 0 aliphatic carbocycles. The summed E-state index contributed by atoms with van der Waals surface area (Å²) in [5.41, 5.74) is 5.71. The third-order valence-electron chi connectivity index (χ3n) is 2.63. The number of hydrogen-bond acceptors (Lipinski definition) is 4.